The molecule has 0 bridgehead atoms. The van der Waals surface area contributed by atoms with E-state index in [4.69, 9.17) is 20.9 Å². The van der Waals surface area contributed by atoms with Gasteiger partial charge in [-0.2, -0.15) is 0 Å². The fraction of sp³-hybridized carbons (Fsp3) is 0.400. The summed E-state index contributed by atoms with van der Waals surface area (Å²) in [5.41, 5.74) is 12.0. The van der Waals surface area contributed by atoms with Gasteiger partial charge in [0.05, 0.1) is 5.54 Å². The van der Waals surface area contributed by atoms with Gasteiger partial charge in [-0.25, -0.2) is 0 Å². The zero-order valence-corrected chi connectivity index (χ0v) is 8.12. The van der Waals surface area contributed by atoms with Crippen molar-refractivity contribution in [3.8, 4) is 11.5 Å². The molecule has 0 fully saturated rings. The van der Waals surface area contributed by atoms with Crippen molar-refractivity contribution in [2.75, 3.05) is 13.3 Å². The third-order valence-corrected chi connectivity index (χ3v) is 2.46. The summed E-state index contributed by atoms with van der Waals surface area (Å²) in [6, 6.07) is 5.66. The molecule has 1 aliphatic heterocycles. The SMILES string of the molecule is CC(N)(CN)c1ccc2c(c1)OCO2. The minimum atomic E-state index is -0.513. The molecule has 0 aromatic heterocycles. The number of rotatable bonds is 2. The van der Waals surface area contributed by atoms with E-state index >= 15 is 0 Å². The number of hydrogen-bond donors (Lipinski definition) is 2. The van der Waals surface area contributed by atoms with Crippen LogP contribution in [0, 0.1) is 0 Å². The van der Waals surface area contributed by atoms with E-state index < -0.39 is 5.54 Å². The lowest BCUT2D eigenvalue weighted by Crippen LogP contribution is -2.40. The van der Waals surface area contributed by atoms with Crippen LogP contribution in [0.15, 0.2) is 18.2 Å². The van der Waals surface area contributed by atoms with E-state index in [0.29, 0.717) is 6.54 Å². The molecule has 14 heavy (non-hydrogen) atoms. The highest BCUT2D eigenvalue weighted by Crippen LogP contribution is 2.34. The Labute approximate surface area is 82.8 Å². The van der Waals surface area contributed by atoms with Gasteiger partial charge < -0.3 is 20.9 Å². The lowest BCUT2D eigenvalue weighted by Gasteiger charge is -2.23. The van der Waals surface area contributed by atoms with Crippen molar-refractivity contribution in [3.05, 3.63) is 23.8 Å². The molecule has 1 aromatic rings. The van der Waals surface area contributed by atoms with Gasteiger partial charge in [0.15, 0.2) is 11.5 Å². The number of ether oxygens (including phenoxy) is 2. The molecule has 2 rings (SSSR count). The smallest absolute Gasteiger partial charge is 0.231 e. The van der Waals surface area contributed by atoms with E-state index in [1.54, 1.807) is 0 Å². The molecule has 0 amide bonds. The average Bonchev–Trinajstić information content (AvgIpc) is 2.64. The summed E-state index contributed by atoms with van der Waals surface area (Å²) >= 11 is 0. The molecule has 0 aliphatic carbocycles. The first kappa shape index (κ1) is 9.30. The summed E-state index contributed by atoms with van der Waals surface area (Å²) in [5, 5.41) is 0. The van der Waals surface area contributed by atoms with E-state index in [2.05, 4.69) is 0 Å². The maximum absolute atomic E-state index is 6.01. The highest BCUT2D eigenvalue weighted by Gasteiger charge is 2.22. The first-order valence-electron chi connectivity index (χ1n) is 4.52. The van der Waals surface area contributed by atoms with Crippen LogP contribution in [0.5, 0.6) is 11.5 Å². The van der Waals surface area contributed by atoms with Crippen LogP contribution in [-0.2, 0) is 5.54 Å². The predicted molar refractivity (Wildman–Crippen MR) is 53.2 cm³/mol. The number of benzene rings is 1. The molecular weight excluding hydrogens is 180 g/mol. The van der Waals surface area contributed by atoms with Crippen LogP contribution in [0.4, 0.5) is 0 Å². The van der Waals surface area contributed by atoms with E-state index in [0.717, 1.165) is 17.1 Å². The van der Waals surface area contributed by atoms with E-state index in [9.17, 15) is 0 Å². The second-order valence-corrected chi connectivity index (χ2v) is 3.69. The molecule has 0 saturated heterocycles. The van der Waals surface area contributed by atoms with Crippen molar-refractivity contribution in [2.24, 2.45) is 11.5 Å². The van der Waals surface area contributed by atoms with Gasteiger partial charge in [-0.1, -0.05) is 6.07 Å². The third-order valence-electron chi connectivity index (χ3n) is 2.46. The molecule has 1 aromatic carbocycles. The van der Waals surface area contributed by atoms with Crippen LogP contribution in [0.3, 0.4) is 0 Å². The summed E-state index contributed by atoms with van der Waals surface area (Å²) < 4.78 is 10.5. The second kappa shape index (κ2) is 3.15. The van der Waals surface area contributed by atoms with E-state index in [1.807, 2.05) is 25.1 Å². The van der Waals surface area contributed by atoms with Crippen LogP contribution in [0.1, 0.15) is 12.5 Å². The molecule has 0 radical (unpaired) electrons. The molecule has 4 heteroatoms. The molecule has 0 saturated carbocycles. The summed E-state index contributed by atoms with van der Waals surface area (Å²) in [4.78, 5) is 0. The van der Waals surface area contributed by atoms with Gasteiger partial charge >= 0.3 is 0 Å². The van der Waals surface area contributed by atoms with Crippen molar-refractivity contribution in [2.45, 2.75) is 12.5 Å². The van der Waals surface area contributed by atoms with Crippen molar-refractivity contribution >= 4 is 0 Å². The molecule has 0 spiro atoms. The standard InChI is InChI=1S/C10H14N2O2/c1-10(12,5-11)7-2-3-8-9(4-7)14-6-13-8/h2-4H,5-6,11-12H2,1H3. The Hall–Kier alpha value is -1.26. The molecule has 1 atom stereocenters. The first-order chi connectivity index (χ1) is 6.63. The highest BCUT2D eigenvalue weighted by atomic mass is 16.7. The molecule has 1 unspecified atom stereocenters. The summed E-state index contributed by atoms with van der Waals surface area (Å²) in [7, 11) is 0. The molecule has 1 heterocycles. The van der Waals surface area contributed by atoms with E-state index in [-0.39, 0.29) is 6.79 Å². The van der Waals surface area contributed by atoms with Crippen molar-refractivity contribution in [3.63, 3.8) is 0 Å². The van der Waals surface area contributed by atoms with Crippen LogP contribution < -0.4 is 20.9 Å². The Morgan fingerprint density at radius 1 is 1.36 bits per heavy atom. The van der Waals surface area contributed by atoms with Gasteiger partial charge in [-0.3, -0.25) is 0 Å². The van der Waals surface area contributed by atoms with Gasteiger partial charge in [-0.05, 0) is 24.6 Å². The zero-order valence-electron chi connectivity index (χ0n) is 8.12. The normalized spacial score (nSPS) is 17.9. The third kappa shape index (κ3) is 1.42. The Morgan fingerprint density at radius 2 is 2.07 bits per heavy atom. The minimum Gasteiger partial charge on any atom is -0.454 e. The van der Waals surface area contributed by atoms with Crippen LogP contribution in [0.25, 0.3) is 0 Å². The summed E-state index contributed by atoms with van der Waals surface area (Å²) in [5.74, 6) is 1.51. The summed E-state index contributed by atoms with van der Waals surface area (Å²) in [6.07, 6.45) is 0. The van der Waals surface area contributed by atoms with Crippen molar-refractivity contribution in [1.29, 1.82) is 0 Å². The largest absolute Gasteiger partial charge is 0.454 e. The molecule has 1 aliphatic rings. The van der Waals surface area contributed by atoms with E-state index in [1.165, 1.54) is 0 Å². The van der Waals surface area contributed by atoms with Crippen LogP contribution in [-0.4, -0.2) is 13.3 Å². The topological polar surface area (TPSA) is 70.5 Å². The fourth-order valence-electron chi connectivity index (χ4n) is 1.37. The Kier molecular flexibility index (Phi) is 2.09. The van der Waals surface area contributed by atoms with Gasteiger partial charge in [0.2, 0.25) is 6.79 Å². The van der Waals surface area contributed by atoms with Gasteiger partial charge in [0, 0.05) is 6.54 Å². The van der Waals surface area contributed by atoms with Crippen LogP contribution in [0.2, 0.25) is 0 Å². The maximum atomic E-state index is 6.01. The Bertz CT molecular complexity index is 350. The van der Waals surface area contributed by atoms with Gasteiger partial charge in [0.25, 0.3) is 0 Å². The van der Waals surface area contributed by atoms with Crippen LogP contribution >= 0.6 is 0 Å². The molecule has 76 valence electrons. The second-order valence-electron chi connectivity index (χ2n) is 3.69. The molecule has 4 nitrogen and oxygen atoms in total. The number of hydrogen-bond acceptors (Lipinski definition) is 4. The Morgan fingerprint density at radius 3 is 2.79 bits per heavy atom. The van der Waals surface area contributed by atoms with Gasteiger partial charge in [-0.15, -0.1) is 0 Å². The lowest BCUT2D eigenvalue weighted by atomic mass is 9.93. The minimum absolute atomic E-state index is 0.280. The van der Waals surface area contributed by atoms with Crippen molar-refractivity contribution in [1.82, 2.24) is 0 Å². The average molecular weight is 194 g/mol. The highest BCUT2D eigenvalue weighted by molar-refractivity contribution is 5.46. The molecular formula is C10H14N2O2. The summed E-state index contributed by atoms with van der Waals surface area (Å²) in [6.45, 7) is 2.57. The molecule has 4 N–H and O–H groups in total. The number of nitrogens with two attached hydrogens (primary N) is 2. The Balaban J connectivity index is 2.38. The number of fused-ring (bicyclic) bond motifs is 1. The fourth-order valence-corrected chi connectivity index (χ4v) is 1.37. The first-order valence-corrected chi connectivity index (χ1v) is 4.52. The maximum Gasteiger partial charge on any atom is 0.231 e. The monoisotopic (exact) mass is 194 g/mol. The predicted octanol–water partition coefficient (Wildman–Crippen LogP) is 0.548. The zero-order chi connectivity index (χ0) is 10.2. The lowest BCUT2D eigenvalue weighted by molar-refractivity contribution is 0.174. The van der Waals surface area contributed by atoms with Gasteiger partial charge in [0.1, 0.15) is 0 Å². The quantitative estimate of drug-likeness (QED) is 0.721. The van der Waals surface area contributed by atoms with Crippen molar-refractivity contribution < 1.29 is 9.47 Å².